The fourth-order valence-corrected chi connectivity index (χ4v) is 3.64. The van der Waals surface area contributed by atoms with E-state index in [-0.39, 0.29) is 17.6 Å². The molecule has 138 valence electrons. The fraction of sp³-hybridized carbons (Fsp3) is 0.300. The minimum Gasteiger partial charge on any atom is -0.366 e. The van der Waals surface area contributed by atoms with Crippen LogP contribution in [0.2, 0.25) is 0 Å². The lowest BCUT2D eigenvalue weighted by Gasteiger charge is -2.32. The SMILES string of the molecule is Cc1cc(C(=O)N2CCC[C@@H](c3nc4ccccc4cc3C(N)=O)C2)on1. The minimum atomic E-state index is -0.502. The number of aromatic nitrogens is 2. The molecule has 27 heavy (non-hydrogen) atoms. The van der Waals surface area contributed by atoms with Gasteiger partial charge >= 0.3 is 0 Å². The first kappa shape index (κ1) is 17.2. The lowest BCUT2D eigenvalue weighted by atomic mass is 9.90. The van der Waals surface area contributed by atoms with Crippen molar-refractivity contribution in [1.82, 2.24) is 15.0 Å². The zero-order valence-corrected chi connectivity index (χ0v) is 15.0. The third-order valence-electron chi connectivity index (χ3n) is 4.95. The number of carbonyl (C=O) groups is 2. The van der Waals surface area contributed by atoms with Crippen LogP contribution >= 0.6 is 0 Å². The molecule has 1 aliphatic rings. The highest BCUT2D eigenvalue weighted by Crippen LogP contribution is 2.30. The molecule has 4 rings (SSSR count). The Morgan fingerprint density at radius 3 is 2.81 bits per heavy atom. The topological polar surface area (TPSA) is 102 Å². The van der Waals surface area contributed by atoms with Crippen LogP contribution < -0.4 is 5.73 Å². The van der Waals surface area contributed by atoms with Gasteiger partial charge in [0.25, 0.3) is 11.8 Å². The third kappa shape index (κ3) is 3.28. The Balaban J connectivity index is 1.67. The van der Waals surface area contributed by atoms with Crippen LogP contribution in [0.3, 0.4) is 0 Å². The molecule has 7 heteroatoms. The first-order valence-corrected chi connectivity index (χ1v) is 8.95. The van der Waals surface area contributed by atoms with Gasteiger partial charge in [-0.2, -0.15) is 0 Å². The van der Waals surface area contributed by atoms with E-state index in [1.807, 2.05) is 24.3 Å². The molecule has 2 N–H and O–H groups in total. The first-order valence-electron chi connectivity index (χ1n) is 8.95. The van der Waals surface area contributed by atoms with Crippen LogP contribution in [0.5, 0.6) is 0 Å². The third-order valence-corrected chi connectivity index (χ3v) is 4.95. The Bertz CT molecular complexity index is 1030. The molecule has 0 bridgehead atoms. The molecule has 1 aromatic carbocycles. The van der Waals surface area contributed by atoms with Crippen LogP contribution in [0.1, 0.15) is 51.1 Å². The van der Waals surface area contributed by atoms with Crippen molar-refractivity contribution in [1.29, 1.82) is 0 Å². The maximum atomic E-state index is 12.7. The number of fused-ring (bicyclic) bond motifs is 1. The van der Waals surface area contributed by atoms with E-state index in [2.05, 4.69) is 5.16 Å². The van der Waals surface area contributed by atoms with E-state index >= 15 is 0 Å². The molecule has 2 amide bonds. The second kappa shape index (κ2) is 6.83. The van der Waals surface area contributed by atoms with Gasteiger partial charge in [0.2, 0.25) is 5.76 Å². The smallest absolute Gasteiger partial charge is 0.292 e. The van der Waals surface area contributed by atoms with Gasteiger partial charge in [-0.15, -0.1) is 0 Å². The summed E-state index contributed by atoms with van der Waals surface area (Å²) in [5.74, 6) is -0.521. The van der Waals surface area contributed by atoms with Gasteiger partial charge in [0.05, 0.1) is 22.5 Å². The summed E-state index contributed by atoms with van der Waals surface area (Å²) in [6, 6.07) is 11.0. The summed E-state index contributed by atoms with van der Waals surface area (Å²) in [5, 5.41) is 4.66. The maximum Gasteiger partial charge on any atom is 0.292 e. The standard InChI is InChI=1S/C20H20N4O3/c1-12-9-17(27-23-12)20(26)24-8-4-6-14(11-24)18-15(19(21)25)10-13-5-2-3-7-16(13)22-18/h2-3,5,7,9-10,14H,4,6,8,11H2,1H3,(H2,21,25)/t14-/m1/s1. The van der Waals surface area contributed by atoms with E-state index in [1.165, 1.54) is 0 Å². The summed E-state index contributed by atoms with van der Waals surface area (Å²) in [5.41, 5.74) is 8.18. The predicted octanol–water partition coefficient (Wildman–Crippen LogP) is 2.65. The second-order valence-electron chi connectivity index (χ2n) is 6.90. The molecule has 3 aromatic rings. The number of rotatable bonds is 3. The van der Waals surface area contributed by atoms with Gasteiger partial charge in [-0.25, -0.2) is 0 Å². The number of aryl methyl sites for hydroxylation is 1. The van der Waals surface area contributed by atoms with Gasteiger partial charge in [-0.3, -0.25) is 14.6 Å². The molecule has 7 nitrogen and oxygen atoms in total. The molecule has 3 heterocycles. The number of nitrogens with two attached hydrogens (primary N) is 1. The highest BCUT2D eigenvalue weighted by Gasteiger charge is 2.30. The molecule has 1 aliphatic heterocycles. The zero-order chi connectivity index (χ0) is 19.0. The normalized spacial score (nSPS) is 17.2. The summed E-state index contributed by atoms with van der Waals surface area (Å²) >= 11 is 0. The van der Waals surface area contributed by atoms with Gasteiger partial charge in [0.15, 0.2) is 0 Å². The second-order valence-corrected chi connectivity index (χ2v) is 6.90. The zero-order valence-electron chi connectivity index (χ0n) is 15.0. The number of amides is 2. The van der Waals surface area contributed by atoms with E-state index in [0.29, 0.717) is 30.0 Å². The maximum absolute atomic E-state index is 12.7. The Morgan fingerprint density at radius 2 is 2.07 bits per heavy atom. The molecule has 0 unspecified atom stereocenters. The number of pyridine rings is 1. The monoisotopic (exact) mass is 364 g/mol. The van der Waals surface area contributed by atoms with Crippen LogP contribution in [0.15, 0.2) is 40.9 Å². The Labute approximate surface area is 156 Å². The number of likely N-dealkylation sites (tertiary alicyclic amines) is 1. The molecular weight excluding hydrogens is 344 g/mol. The molecule has 1 saturated heterocycles. The highest BCUT2D eigenvalue weighted by molar-refractivity contribution is 5.98. The van der Waals surface area contributed by atoms with Crippen molar-refractivity contribution in [2.45, 2.75) is 25.7 Å². The number of primary amides is 1. The van der Waals surface area contributed by atoms with Gasteiger partial charge in [-0.05, 0) is 31.9 Å². The van der Waals surface area contributed by atoms with Gasteiger partial charge in [-0.1, -0.05) is 23.4 Å². The molecule has 1 fully saturated rings. The van der Waals surface area contributed by atoms with Gasteiger partial charge in [0, 0.05) is 30.5 Å². The average Bonchev–Trinajstić information content (AvgIpc) is 3.12. The van der Waals surface area contributed by atoms with E-state index in [9.17, 15) is 9.59 Å². The summed E-state index contributed by atoms with van der Waals surface area (Å²) in [4.78, 5) is 31.2. The van der Waals surface area contributed by atoms with Gasteiger partial charge in [0.1, 0.15) is 0 Å². The number of hydrogen-bond donors (Lipinski definition) is 1. The molecule has 1 atom stereocenters. The number of piperidine rings is 1. The molecule has 2 aromatic heterocycles. The Morgan fingerprint density at radius 1 is 1.26 bits per heavy atom. The van der Waals surface area contributed by atoms with E-state index in [1.54, 1.807) is 24.0 Å². The Kier molecular flexibility index (Phi) is 4.35. The summed E-state index contributed by atoms with van der Waals surface area (Å²) in [6.45, 7) is 2.87. The molecule has 0 aliphatic carbocycles. The number of hydrogen-bond acceptors (Lipinski definition) is 5. The molecule has 0 saturated carbocycles. The van der Waals surface area contributed by atoms with Crippen LogP contribution in [0, 0.1) is 6.92 Å². The Hall–Kier alpha value is -3.22. The quantitative estimate of drug-likeness (QED) is 0.770. The van der Waals surface area contributed by atoms with Crippen LogP contribution in [0.4, 0.5) is 0 Å². The van der Waals surface area contributed by atoms with Gasteiger partial charge < -0.3 is 15.2 Å². The van der Waals surface area contributed by atoms with E-state index < -0.39 is 5.91 Å². The van der Waals surface area contributed by atoms with Crippen LogP contribution in [-0.4, -0.2) is 39.9 Å². The van der Waals surface area contributed by atoms with Crippen molar-refractivity contribution < 1.29 is 14.1 Å². The van der Waals surface area contributed by atoms with Crippen molar-refractivity contribution in [2.24, 2.45) is 5.73 Å². The number of nitrogens with zero attached hydrogens (tertiary/aromatic N) is 3. The van der Waals surface area contributed by atoms with Crippen molar-refractivity contribution in [3.63, 3.8) is 0 Å². The fourth-order valence-electron chi connectivity index (χ4n) is 3.64. The highest BCUT2D eigenvalue weighted by atomic mass is 16.5. The van der Waals surface area contributed by atoms with E-state index in [4.69, 9.17) is 15.2 Å². The van der Waals surface area contributed by atoms with Crippen molar-refractivity contribution in [3.05, 3.63) is 59.1 Å². The summed E-state index contributed by atoms with van der Waals surface area (Å²) < 4.78 is 5.11. The van der Waals surface area contributed by atoms with Crippen molar-refractivity contribution in [3.8, 4) is 0 Å². The van der Waals surface area contributed by atoms with E-state index in [0.717, 1.165) is 23.7 Å². The van der Waals surface area contributed by atoms with Crippen LogP contribution in [-0.2, 0) is 0 Å². The molecule has 0 radical (unpaired) electrons. The first-order chi connectivity index (χ1) is 13.0. The number of para-hydroxylation sites is 1. The molecule has 0 spiro atoms. The predicted molar refractivity (Wildman–Crippen MR) is 99.4 cm³/mol. The average molecular weight is 364 g/mol. The lowest BCUT2D eigenvalue weighted by Crippen LogP contribution is -2.39. The lowest BCUT2D eigenvalue weighted by molar-refractivity contribution is 0.0663. The largest absolute Gasteiger partial charge is 0.366 e. The van der Waals surface area contributed by atoms with Crippen molar-refractivity contribution in [2.75, 3.05) is 13.1 Å². The van der Waals surface area contributed by atoms with Crippen LogP contribution in [0.25, 0.3) is 10.9 Å². The number of benzene rings is 1. The minimum absolute atomic E-state index is 0.0566. The molecular formula is C20H20N4O3. The summed E-state index contributed by atoms with van der Waals surface area (Å²) in [6.07, 6.45) is 1.65. The number of carbonyl (C=O) groups excluding carboxylic acids is 2. The van der Waals surface area contributed by atoms with Crippen molar-refractivity contribution >= 4 is 22.7 Å². The summed E-state index contributed by atoms with van der Waals surface area (Å²) in [7, 11) is 0.